The minimum absolute atomic E-state index is 0.0558. The Morgan fingerprint density at radius 3 is 3.05 bits per heavy atom. The summed E-state index contributed by atoms with van der Waals surface area (Å²) >= 11 is 2.93. The van der Waals surface area contributed by atoms with Crippen LogP contribution in [0.3, 0.4) is 0 Å². The monoisotopic (exact) mass is 318 g/mol. The molecule has 0 aliphatic rings. The molecular weight excluding hydrogens is 304 g/mol. The summed E-state index contributed by atoms with van der Waals surface area (Å²) < 4.78 is 0.919. The van der Waals surface area contributed by atoms with Crippen LogP contribution in [0.15, 0.2) is 29.8 Å². The van der Waals surface area contributed by atoms with Gasteiger partial charge in [-0.2, -0.15) is 0 Å². The summed E-state index contributed by atoms with van der Waals surface area (Å²) in [6.07, 6.45) is 2.55. The van der Waals surface area contributed by atoms with E-state index in [-0.39, 0.29) is 11.9 Å². The second kappa shape index (κ2) is 5.79. The van der Waals surface area contributed by atoms with Gasteiger partial charge in [0.2, 0.25) is 0 Å². The van der Waals surface area contributed by atoms with E-state index < -0.39 is 0 Å². The number of nitrogens with zero attached hydrogens (tertiary/aromatic N) is 2. The average molecular weight is 318 g/mol. The average Bonchev–Trinajstić information content (AvgIpc) is 3.11. The summed E-state index contributed by atoms with van der Waals surface area (Å²) in [4.78, 5) is 20.8. The first-order chi connectivity index (χ1) is 10.2. The van der Waals surface area contributed by atoms with Crippen molar-refractivity contribution < 1.29 is 4.79 Å². The number of nitrogen functional groups attached to an aromatic ring is 1. The Morgan fingerprint density at radius 1 is 1.48 bits per heavy atom. The van der Waals surface area contributed by atoms with Crippen molar-refractivity contribution >= 4 is 43.9 Å². The molecule has 0 aliphatic carbocycles. The molecule has 0 radical (unpaired) electrons. The largest absolute Gasteiger partial charge is 0.375 e. The summed E-state index contributed by atoms with van der Waals surface area (Å²) in [5.41, 5.74) is 7.12. The van der Waals surface area contributed by atoms with E-state index >= 15 is 0 Å². The van der Waals surface area contributed by atoms with Crippen molar-refractivity contribution in [3.05, 3.63) is 40.3 Å². The van der Waals surface area contributed by atoms with E-state index in [1.165, 1.54) is 11.3 Å². The molecule has 0 spiro atoms. The number of fused-ring (bicyclic) bond motifs is 1. The van der Waals surface area contributed by atoms with Crippen molar-refractivity contribution in [3.8, 4) is 0 Å². The zero-order chi connectivity index (χ0) is 14.8. The molecule has 1 aromatic carbocycles. The predicted molar refractivity (Wildman–Crippen MR) is 86.6 cm³/mol. The zero-order valence-electron chi connectivity index (χ0n) is 11.4. The van der Waals surface area contributed by atoms with Crippen LogP contribution in [0, 0.1) is 0 Å². The molecule has 108 valence electrons. The Balaban J connectivity index is 1.82. The van der Waals surface area contributed by atoms with Crippen LogP contribution in [0.2, 0.25) is 0 Å². The van der Waals surface area contributed by atoms with Crippen molar-refractivity contribution in [2.75, 3.05) is 5.73 Å². The fourth-order valence-corrected chi connectivity index (χ4v) is 3.62. The third-order valence-corrected chi connectivity index (χ3v) is 4.87. The zero-order valence-corrected chi connectivity index (χ0v) is 13.0. The van der Waals surface area contributed by atoms with Gasteiger partial charge in [-0.3, -0.25) is 4.79 Å². The lowest BCUT2D eigenvalue weighted by Gasteiger charge is -2.14. The summed E-state index contributed by atoms with van der Waals surface area (Å²) in [6, 6.07) is 5.36. The normalized spacial score (nSPS) is 12.4. The maximum absolute atomic E-state index is 12.4. The third kappa shape index (κ3) is 2.88. The Morgan fingerprint density at radius 2 is 2.33 bits per heavy atom. The molecule has 7 heteroatoms. The lowest BCUT2D eigenvalue weighted by atomic mass is 10.1. The first-order valence-corrected chi connectivity index (χ1v) is 8.23. The molecule has 2 aromatic heterocycles. The number of aromatic nitrogens is 2. The van der Waals surface area contributed by atoms with E-state index in [1.807, 2.05) is 24.4 Å². The number of thiazole rings is 2. The van der Waals surface area contributed by atoms with E-state index in [1.54, 1.807) is 23.6 Å². The molecule has 3 N–H and O–H groups in total. The number of amides is 1. The number of carbonyl (C=O) groups excluding carboxylic acids is 1. The van der Waals surface area contributed by atoms with Gasteiger partial charge in [0.1, 0.15) is 5.01 Å². The molecule has 0 saturated heterocycles. The van der Waals surface area contributed by atoms with Crippen LogP contribution >= 0.6 is 22.7 Å². The molecule has 3 aromatic rings. The number of hydrogen-bond donors (Lipinski definition) is 2. The highest BCUT2D eigenvalue weighted by Gasteiger charge is 2.16. The second-order valence-corrected chi connectivity index (χ2v) is 6.53. The third-order valence-electron chi connectivity index (χ3n) is 3.13. The molecule has 5 nitrogen and oxygen atoms in total. The maximum atomic E-state index is 12.4. The highest BCUT2D eigenvalue weighted by atomic mass is 32.1. The predicted octanol–water partition coefficient (Wildman–Crippen LogP) is 3.22. The highest BCUT2D eigenvalue weighted by Crippen LogP contribution is 2.25. The van der Waals surface area contributed by atoms with Crippen molar-refractivity contribution in [2.24, 2.45) is 0 Å². The van der Waals surface area contributed by atoms with Crippen LogP contribution in [-0.4, -0.2) is 15.9 Å². The molecule has 0 fully saturated rings. The highest BCUT2D eigenvalue weighted by molar-refractivity contribution is 7.22. The summed E-state index contributed by atoms with van der Waals surface area (Å²) in [5.74, 6) is -0.106. The first-order valence-electron chi connectivity index (χ1n) is 6.53. The van der Waals surface area contributed by atoms with Crippen molar-refractivity contribution in [1.29, 1.82) is 0 Å². The van der Waals surface area contributed by atoms with E-state index in [4.69, 9.17) is 5.73 Å². The lowest BCUT2D eigenvalue weighted by molar-refractivity contribution is 0.0935. The SMILES string of the molecule is CCC(NC(=O)c1ccc2nc(N)sc2c1)c1nccs1. The minimum atomic E-state index is -0.106. The van der Waals surface area contributed by atoms with Gasteiger partial charge in [0.05, 0.1) is 16.3 Å². The molecule has 1 amide bonds. The van der Waals surface area contributed by atoms with Gasteiger partial charge in [0.15, 0.2) is 5.13 Å². The lowest BCUT2D eigenvalue weighted by Crippen LogP contribution is -2.28. The van der Waals surface area contributed by atoms with Gasteiger partial charge in [-0.1, -0.05) is 18.3 Å². The van der Waals surface area contributed by atoms with Crippen molar-refractivity contribution in [3.63, 3.8) is 0 Å². The van der Waals surface area contributed by atoms with Crippen molar-refractivity contribution in [2.45, 2.75) is 19.4 Å². The van der Waals surface area contributed by atoms with Crippen LogP contribution in [0.4, 0.5) is 5.13 Å². The number of anilines is 1. The van der Waals surface area contributed by atoms with Gasteiger partial charge >= 0.3 is 0 Å². The minimum Gasteiger partial charge on any atom is -0.375 e. The van der Waals surface area contributed by atoms with Crippen LogP contribution < -0.4 is 11.1 Å². The Labute approximate surface area is 129 Å². The molecule has 3 rings (SSSR count). The van der Waals surface area contributed by atoms with E-state index in [2.05, 4.69) is 15.3 Å². The summed E-state index contributed by atoms with van der Waals surface area (Å²) in [5, 5.41) is 6.37. The molecule has 1 unspecified atom stereocenters. The molecule has 2 heterocycles. The van der Waals surface area contributed by atoms with Gasteiger partial charge in [-0.25, -0.2) is 9.97 Å². The number of nitrogens with two attached hydrogens (primary N) is 1. The molecule has 0 saturated carbocycles. The van der Waals surface area contributed by atoms with E-state index in [9.17, 15) is 4.79 Å². The number of nitrogens with one attached hydrogen (secondary N) is 1. The van der Waals surface area contributed by atoms with Gasteiger partial charge in [0.25, 0.3) is 5.91 Å². The maximum Gasteiger partial charge on any atom is 0.251 e. The summed E-state index contributed by atoms with van der Waals surface area (Å²) in [6.45, 7) is 2.03. The molecular formula is C14H14N4OS2. The number of carbonyl (C=O) groups is 1. The number of rotatable bonds is 4. The molecule has 1 atom stereocenters. The van der Waals surface area contributed by atoms with Crippen LogP contribution in [0.25, 0.3) is 10.2 Å². The Bertz CT molecular complexity index is 766. The fraction of sp³-hybridized carbons (Fsp3) is 0.214. The number of hydrogen-bond acceptors (Lipinski definition) is 6. The Hall–Kier alpha value is -1.99. The van der Waals surface area contributed by atoms with Crippen molar-refractivity contribution in [1.82, 2.24) is 15.3 Å². The van der Waals surface area contributed by atoms with E-state index in [0.29, 0.717) is 10.7 Å². The molecule has 21 heavy (non-hydrogen) atoms. The van der Waals surface area contributed by atoms with Crippen LogP contribution in [0.1, 0.15) is 34.8 Å². The van der Waals surface area contributed by atoms with E-state index in [0.717, 1.165) is 21.6 Å². The smallest absolute Gasteiger partial charge is 0.251 e. The quantitative estimate of drug-likeness (QED) is 0.774. The fourth-order valence-electron chi connectivity index (χ4n) is 2.07. The van der Waals surface area contributed by atoms with Gasteiger partial charge in [-0.15, -0.1) is 11.3 Å². The van der Waals surface area contributed by atoms with Crippen LogP contribution in [-0.2, 0) is 0 Å². The summed E-state index contributed by atoms with van der Waals surface area (Å²) in [7, 11) is 0. The standard InChI is InChI=1S/C14H14N4OS2/c1-2-9(13-16-5-6-20-13)17-12(19)8-3-4-10-11(7-8)21-14(15)18-10/h3-7,9H,2H2,1H3,(H2,15,18)(H,17,19). The second-order valence-electron chi connectivity index (χ2n) is 4.54. The molecule has 0 bridgehead atoms. The van der Waals surface area contributed by atoms with Gasteiger partial charge in [-0.05, 0) is 24.6 Å². The number of benzene rings is 1. The molecule has 0 aliphatic heterocycles. The van der Waals surface area contributed by atoms with Crippen LogP contribution in [0.5, 0.6) is 0 Å². The topological polar surface area (TPSA) is 80.9 Å². The van der Waals surface area contributed by atoms with Gasteiger partial charge in [0, 0.05) is 17.1 Å². The Kier molecular flexibility index (Phi) is 3.85. The van der Waals surface area contributed by atoms with Gasteiger partial charge < -0.3 is 11.1 Å². The first kappa shape index (κ1) is 14.0.